The molecule has 2 aliphatic rings. The Kier molecular flexibility index (Phi) is 9.15. The molecule has 2 N–H and O–H groups in total. The number of thioether (sulfide) groups is 1. The van der Waals surface area contributed by atoms with E-state index in [1.165, 1.54) is 18.4 Å². The molecule has 2 fully saturated rings. The molecule has 0 saturated carbocycles. The minimum atomic E-state index is 0.192. The number of ether oxygens (including phenoxy) is 2. The monoisotopic (exact) mass is 434 g/mol. The molecular weight excluding hydrogens is 396 g/mol. The summed E-state index contributed by atoms with van der Waals surface area (Å²) >= 11 is 1.93. The molecule has 0 bridgehead atoms. The quantitative estimate of drug-likeness (QED) is 0.459. The fourth-order valence-electron chi connectivity index (χ4n) is 4.36. The van der Waals surface area contributed by atoms with Gasteiger partial charge in [-0.15, -0.1) is 0 Å². The molecule has 0 radical (unpaired) electrons. The largest absolute Gasteiger partial charge is 0.496 e. The molecule has 168 valence electrons. The molecule has 1 aromatic rings. The Morgan fingerprint density at radius 1 is 1.23 bits per heavy atom. The molecule has 1 aromatic carbocycles. The van der Waals surface area contributed by atoms with Crippen molar-refractivity contribution in [2.24, 2.45) is 4.99 Å². The first-order chi connectivity index (χ1) is 14.7. The molecule has 2 heterocycles. The van der Waals surface area contributed by atoms with Crippen molar-refractivity contribution >= 4 is 17.7 Å². The summed E-state index contributed by atoms with van der Waals surface area (Å²) in [6, 6.07) is 8.67. The highest BCUT2D eigenvalue weighted by Crippen LogP contribution is 2.34. The normalized spacial score (nSPS) is 20.7. The topological polar surface area (TPSA) is 58.1 Å². The highest BCUT2D eigenvalue weighted by atomic mass is 32.2. The van der Waals surface area contributed by atoms with E-state index in [0.29, 0.717) is 0 Å². The van der Waals surface area contributed by atoms with E-state index < -0.39 is 0 Å². The van der Waals surface area contributed by atoms with Gasteiger partial charge in [0.15, 0.2) is 5.96 Å². The van der Waals surface area contributed by atoms with Crippen molar-refractivity contribution in [3.8, 4) is 5.75 Å². The van der Waals surface area contributed by atoms with E-state index in [4.69, 9.17) is 14.5 Å². The third kappa shape index (κ3) is 6.05. The molecule has 2 aliphatic heterocycles. The van der Waals surface area contributed by atoms with Crippen molar-refractivity contribution in [1.29, 1.82) is 0 Å². The van der Waals surface area contributed by atoms with Gasteiger partial charge in [-0.2, -0.15) is 11.8 Å². The summed E-state index contributed by atoms with van der Waals surface area (Å²) in [4.78, 5) is 7.55. The summed E-state index contributed by atoms with van der Waals surface area (Å²) < 4.78 is 11.4. The van der Waals surface area contributed by atoms with E-state index in [-0.39, 0.29) is 10.8 Å². The van der Waals surface area contributed by atoms with Crippen molar-refractivity contribution < 1.29 is 9.47 Å². The Hall–Kier alpha value is -1.44. The molecule has 30 heavy (non-hydrogen) atoms. The fourth-order valence-corrected chi connectivity index (χ4v) is 5.13. The molecule has 1 unspecified atom stereocenters. The maximum atomic E-state index is 5.68. The number of para-hydroxylation sites is 1. The van der Waals surface area contributed by atoms with E-state index in [1.807, 2.05) is 17.8 Å². The van der Waals surface area contributed by atoms with Gasteiger partial charge in [-0.1, -0.05) is 18.2 Å². The van der Waals surface area contributed by atoms with Crippen molar-refractivity contribution in [2.75, 3.05) is 59.3 Å². The zero-order chi connectivity index (χ0) is 21.2. The van der Waals surface area contributed by atoms with Gasteiger partial charge in [0.25, 0.3) is 0 Å². The van der Waals surface area contributed by atoms with Crippen molar-refractivity contribution in [3.63, 3.8) is 0 Å². The summed E-state index contributed by atoms with van der Waals surface area (Å²) in [7, 11) is 1.76. The second-order valence-electron chi connectivity index (χ2n) is 8.08. The van der Waals surface area contributed by atoms with Gasteiger partial charge in [-0.05, 0) is 58.0 Å². The van der Waals surface area contributed by atoms with Crippen LogP contribution in [0.1, 0.15) is 44.2 Å². The molecule has 7 heteroatoms. The van der Waals surface area contributed by atoms with E-state index in [9.17, 15) is 0 Å². The lowest BCUT2D eigenvalue weighted by Gasteiger charge is -2.34. The van der Waals surface area contributed by atoms with Gasteiger partial charge in [0.1, 0.15) is 5.75 Å². The molecule has 0 aliphatic carbocycles. The number of hydrogen-bond acceptors (Lipinski definition) is 5. The zero-order valence-corrected chi connectivity index (χ0v) is 19.6. The maximum absolute atomic E-state index is 5.68. The minimum absolute atomic E-state index is 0.192. The van der Waals surface area contributed by atoms with Crippen LogP contribution in [0.2, 0.25) is 0 Å². The van der Waals surface area contributed by atoms with Crippen LogP contribution < -0.4 is 15.4 Å². The van der Waals surface area contributed by atoms with Crippen molar-refractivity contribution in [3.05, 3.63) is 29.8 Å². The average Bonchev–Trinajstić information content (AvgIpc) is 3.33. The summed E-state index contributed by atoms with van der Waals surface area (Å²) in [5, 5.41) is 7.07. The molecular formula is C23H38N4O2S. The van der Waals surface area contributed by atoms with Gasteiger partial charge in [0.2, 0.25) is 0 Å². The lowest BCUT2D eigenvalue weighted by Crippen LogP contribution is -2.44. The Morgan fingerprint density at radius 3 is 2.63 bits per heavy atom. The van der Waals surface area contributed by atoms with Crippen LogP contribution in [0.5, 0.6) is 5.75 Å². The van der Waals surface area contributed by atoms with Gasteiger partial charge in [-0.25, -0.2) is 0 Å². The van der Waals surface area contributed by atoms with Crippen molar-refractivity contribution in [2.45, 2.75) is 43.4 Å². The van der Waals surface area contributed by atoms with Crippen LogP contribution in [-0.4, -0.2) is 74.9 Å². The van der Waals surface area contributed by atoms with Crippen LogP contribution >= 0.6 is 11.8 Å². The average molecular weight is 435 g/mol. The molecule has 1 atom stereocenters. The Morgan fingerprint density at radius 2 is 1.97 bits per heavy atom. The number of aliphatic imine (C=N–C) groups is 1. The molecule has 0 aromatic heterocycles. The van der Waals surface area contributed by atoms with E-state index >= 15 is 0 Å². The van der Waals surface area contributed by atoms with E-state index in [1.54, 1.807) is 7.11 Å². The predicted molar refractivity (Wildman–Crippen MR) is 127 cm³/mol. The number of methoxy groups -OCH3 is 1. The Balaban J connectivity index is 1.72. The zero-order valence-electron chi connectivity index (χ0n) is 18.8. The summed E-state index contributed by atoms with van der Waals surface area (Å²) in [5.74, 6) is 1.86. The van der Waals surface area contributed by atoms with Gasteiger partial charge in [-0.3, -0.25) is 9.89 Å². The SMILES string of the molecule is CCNC(=NCC1(SC)CCOCC1)NCC(c1ccccc1OC)N1CCCC1. The second-order valence-corrected chi connectivity index (χ2v) is 9.35. The first kappa shape index (κ1) is 23.2. The number of nitrogens with one attached hydrogen (secondary N) is 2. The standard InChI is InChI=1S/C23H38N4O2S/c1-4-24-22(26-18-23(30-3)11-15-29-16-12-23)25-17-20(27-13-7-8-14-27)19-9-5-6-10-21(19)28-2/h5-6,9-10,20H,4,7-8,11-18H2,1-3H3,(H2,24,25,26). The van der Waals surface area contributed by atoms with Crippen LogP contribution in [0.15, 0.2) is 29.3 Å². The van der Waals surface area contributed by atoms with Crippen LogP contribution in [0.25, 0.3) is 0 Å². The molecule has 0 spiro atoms. The molecule has 6 nitrogen and oxygen atoms in total. The summed E-state index contributed by atoms with van der Waals surface area (Å²) in [6.07, 6.45) is 6.85. The third-order valence-corrected chi connectivity index (χ3v) is 7.65. The number of guanidine groups is 1. The smallest absolute Gasteiger partial charge is 0.191 e. The molecule has 0 amide bonds. The van der Waals surface area contributed by atoms with Crippen LogP contribution in [0.4, 0.5) is 0 Å². The fraction of sp³-hybridized carbons (Fsp3) is 0.696. The van der Waals surface area contributed by atoms with Crippen LogP contribution in [0, 0.1) is 0 Å². The molecule has 3 rings (SSSR count). The second kappa shape index (κ2) is 11.8. The lowest BCUT2D eigenvalue weighted by molar-refractivity contribution is 0.0794. The van der Waals surface area contributed by atoms with E-state index in [2.05, 4.69) is 46.9 Å². The van der Waals surface area contributed by atoms with Crippen molar-refractivity contribution in [1.82, 2.24) is 15.5 Å². The van der Waals surface area contributed by atoms with Gasteiger partial charge >= 0.3 is 0 Å². The van der Waals surface area contributed by atoms with Crippen LogP contribution in [0.3, 0.4) is 0 Å². The Labute approximate surface area is 186 Å². The number of rotatable bonds is 9. The summed E-state index contributed by atoms with van der Waals surface area (Å²) in [5.41, 5.74) is 1.25. The number of nitrogens with zero attached hydrogens (tertiary/aromatic N) is 2. The van der Waals surface area contributed by atoms with Gasteiger partial charge in [0, 0.05) is 36.6 Å². The first-order valence-corrected chi connectivity index (χ1v) is 12.5. The van der Waals surface area contributed by atoms with Gasteiger partial charge < -0.3 is 20.1 Å². The number of hydrogen-bond donors (Lipinski definition) is 2. The highest BCUT2D eigenvalue weighted by Gasteiger charge is 2.32. The number of likely N-dealkylation sites (tertiary alicyclic amines) is 1. The third-order valence-electron chi connectivity index (χ3n) is 6.25. The Bertz CT molecular complexity index is 673. The first-order valence-electron chi connectivity index (χ1n) is 11.2. The highest BCUT2D eigenvalue weighted by molar-refractivity contribution is 8.00. The predicted octanol–water partition coefficient (Wildman–Crippen LogP) is 3.30. The lowest BCUT2D eigenvalue weighted by atomic mass is 9.99. The van der Waals surface area contributed by atoms with E-state index in [0.717, 1.165) is 70.5 Å². The minimum Gasteiger partial charge on any atom is -0.496 e. The van der Waals surface area contributed by atoms with Crippen LogP contribution in [-0.2, 0) is 4.74 Å². The maximum Gasteiger partial charge on any atom is 0.191 e. The number of benzene rings is 1. The summed E-state index contributed by atoms with van der Waals surface area (Å²) in [6.45, 7) is 8.54. The van der Waals surface area contributed by atoms with Gasteiger partial charge in [0.05, 0.1) is 19.7 Å². The molecule has 2 saturated heterocycles.